The SMILES string of the molecule is Cn1cnc(CNc2nc3ccccn3c2C(=O)O)n1. The molecular weight excluding hydrogens is 260 g/mol. The molecule has 0 spiro atoms. The number of pyridine rings is 1. The number of aromatic nitrogens is 5. The van der Waals surface area contributed by atoms with E-state index in [9.17, 15) is 9.90 Å². The molecule has 0 fully saturated rings. The highest BCUT2D eigenvalue weighted by atomic mass is 16.4. The molecule has 0 bridgehead atoms. The summed E-state index contributed by atoms with van der Waals surface area (Å²) in [7, 11) is 1.77. The summed E-state index contributed by atoms with van der Waals surface area (Å²) < 4.78 is 3.11. The van der Waals surface area contributed by atoms with Gasteiger partial charge in [0, 0.05) is 13.2 Å². The number of rotatable bonds is 4. The van der Waals surface area contributed by atoms with Crippen LogP contribution in [0, 0.1) is 0 Å². The Kier molecular flexibility index (Phi) is 2.82. The molecule has 2 N–H and O–H groups in total. The third-order valence-corrected chi connectivity index (χ3v) is 2.79. The maximum Gasteiger partial charge on any atom is 0.356 e. The van der Waals surface area contributed by atoms with Crippen molar-refractivity contribution in [2.75, 3.05) is 5.32 Å². The van der Waals surface area contributed by atoms with Gasteiger partial charge in [-0.05, 0) is 12.1 Å². The number of anilines is 1. The Bertz CT molecular complexity index is 775. The highest BCUT2D eigenvalue weighted by Crippen LogP contribution is 2.17. The van der Waals surface area contributed by atoms with Crippen LogP contribution in [0.5, 0.6) is 0 Å². The van der Waals surface area contributed by atoms with Crippen LogP contribution < -0.4 is 5.32 Å². The van der Waals surface area contributed by atoms with Crippen molar-refractivity contribution in [2.45, 2.75) is 6.54 Å². The minimum atomic E-state index is -1.04. The summed E-state index contributed by atoms with van der Waals surface area (Å²) in [4.78, 5) is 19.7. The largest absolute Gasteiger partial charge is 0.476 e. The van der Waals surface area contributed by atoms with Crippen molar-refractivity contribution in [3.05, 3.63) is 42.2 Å². The Morgan fingerprint density at radius 3 is 3.00 bits per heavy atom. The average molecular weight is 272 g/mol. The normalized spacial score (nSPS) is 10.8. The first-order valence-electron chi connectivity index (χ1n) is 5.94. The Hall–Kier alpha value is -2.90. The molecule has 0 aliphatic heterocycles. The Morgan fingerprint density at radius 1 is 1.45 bits per heavy atom. The number of nitrogens with one attached hydrogen (secondary N) is 1. The lowest BCUT2D eigenvalue weighted by atomic mass is 10.4. The van der Waals surface area contributed by atoms with E-state index in [0.717, 1.165) is 0 Å². The van der Waals surface area contributed by atoms with Crippen molar-refractivity contribution in [3.8, 4) is 0 Å². The van der Waals surface area contributed by atoms with Gasteiger partial charge in [0.15, 0.2) is 17.3 Å². The number of carboxylic acids is 1. The summed E-state index contributed by atoms with van der Waals surface area (Å²) in [6.07, 6.45) is 3.24. The second-order valence-electron chi connectivity index (χ2n) is 4.23. The van der Waals surface area contributed by atoms with Crippen LogP contribution in [0.25, 0.3) is 5.65 Å². The maximum atomic E-state index is 11.4. The van der Waals surface area contributed by atoms with Crippen molar-refractivity contribution in [1.29, 1.82) is 0 Å². The highest BCUT2D eigenvalue weighted by Gasteiger charge is 2.18. The molecule has 102 valence electrons. The van der Waals surface area contributed by atoms with Gasteiger partial charge in [0.2, 0.25) is 0 Å². The molecule has 0 unspecified atom stereocenters. The van der Waals surface area contributed by atoms with Gasteiger partial charge in [0.1, 0.15) is 12.0 Å². The van der Waals surface area contributed by atoms with E-state index in [0.29, 0.717) is 23.8 Å². The van der Waals surface area contributed by atoms with E-state index in [-0.39, 0.29) is 5.69 Å². The Balaban J connectivity index is 1.94. The fourth-order valence-corrected chi connectivity index (χ4v) is 1.95. The van der Waals surface area contributed by atoms with E-state index in [2.05, 4.69) is 20.4 Å². The molecule has 3 rings (SSSR count). The molecule has 0 aliphatic carbocycles. The predicted octanol–water partition coefficient (Wildman–Crippen LogP) is 0.773. The van der Waals surface area contributed by atoms with Gasteiger partial charge in [-0.25, -0.2) is 14.8 Å². The van der Waals surface area contributed by atoms with Crippen LogP contribution in [-0.2, 0) is 13.6 Å². The molecule has 0 aliphatic rings. The molecule has 0 aromatic carbocycles. The van der Waals surface area contributed by atoms with Crippen molar-refractivity contribution < 1.29 is 9.90 Å². The highest BCUT2D eigenvalue weighted by molar-refractivity contribution is 5.92. The second-order valence-corrected chi connectivity index (χ2v) is 4.23. The summed E-state index contributed by atoms with van der Waals surface area (Å²) in [5.74, 6) is -0.169. The molecule has 0 radical (unpaired) electrons. The van der Waals surface area contributed by atoms with Crippen LogP contribution in [0.1, 0.15) is 16.3 Å². The van der Waals surface area contributed by atoms with Crippen molar-refractivity contribution in [3.63, 3.8) is 0 Å². The lowest BCUT2D eigenvalue weighted by Crippen LogP contribution is -2.09. The monoisotopic (exact) mass is 272 g/mol. The van der Waals surface area contributed by atoms with Crippen molar-refractivity contribution in [1.82, 2.24) is 24.1 Å². The predicted molar refractivity (Wildman–Crippen MR) is 70.5 cm³/mol. The summed E-state index contributed by atoms with van der Waals surface area (Å²) in [6.45, 7) is 0.311. The van der Waals surface area contributed by atoms with Gasteiger partial charge in [0.25, 0.3) is 0 Å². The summed E-state index contributed by atoms with van der Waals surface area (Å²) in [5, 5.41) is 16.4. The minimum absolute atomic E-state index is 0.0940. The molecule has 3 heterocycles. The van der Waals surface area contributed by atoms with Crippen LogP contribution in [-0.4, -0.2) is 35.2 Å². The van der Waals surface area contributed by atoms with E-state index < -0.39 is 5.97 Å². The molecule has 0 atom stereocenters. The molecule has 8 heteroatoms. The van der Waals surface area contributed by atoms with E-state index in [1.54, 1.807) is 42.5 Å². The topological polar surface area (TPSA) is 97.3 Å². The lowest BCUT2D eigenvalue weighted by molar-refractivity contribution is 0.0690. The Morgan fingerprint density at radius 2 is 2.30 bits per heavy atom. The molecule has 0 saturated heterocycles. The van der Waals surface area contributed by atoms with E-state index in [1.807, 2.05) is 0 Å². The fourth-order valence-electron chi connectivity index (χ4n) is 1.95. The standard InChI is InChI=1S/C12H12N6O2/c1-17-7-14-8(16-17)6-13-11-10(12(19)20)18-5-3-2-4-9(18)15-11/h2-5,7,13H,6H2,1H3,(H,19,20). The average Bonchev–Trinajstić information content (AvgIpc) is 2.99. The van der Waals surface area contributed by atoms with Crippen molar-refractivity contribution in [2.24, 2.45) is 7.05 Å². The number of carboxylic acid groups (broad SMARTS) is 1. The van der Waals surface area contributed by atoms with Gasteiger partial charge in [-0.3, -0.25) is 9.08 Å². The zero-order valence-electron chi connectivity index (χ0n) is 10.7. The number of aryl methyl sites for hydroxylation is 1. The molecule has 3 aromatic rings. The van der Waals surface area contributed by atoms with Crippen LogP contribution in [0.3, 0.4) is 0 Å². The number of carbonyl (C=O) groups is 1. The van der Waals surface area contributed by atoms with Gasteiger partial charge >= 0.3 is 5.97 Å². The van der Waals surface area contributed by atoms with Crippen LogP contribution >= 0.6 is 0 Å². The van der Waals surface area contributed by atoms with Gasteiger partial charge in [-0.15, -0.1) is 0 Å². The first kappa shape index (κ1) is 12.2. The Labute approximate surface area is 113 Å². The molecule has 3 aromatic heterocycles. The van der Waals surface area contributed by atoms with E-state index in [4.69, 9.17) is 0 Å². The van der Waals surface area contributed by atoms with Crippen LogP contribution in [0.15, 0.2) is 30.7 Å². The third kappa shape index (κ3) is 2.07. The quantitative estimate of drug-likeness (QED) is 0.728. The number of hydrogen-bond donors (Lipinski definition) is 2. The van der Waals surface area contributed by atoms with Crippen LogP contribution in [0.2, 0.25) is 0 Å². The number of aromatic carboxylic acids is 1. The first-order valence-corrected chi connectivity index (χ1v) is 5.94. The van der Waals surface area contributed by atoms with Gasteiger partial charge < -0.3 is 10.4 Å². The second kappa shape index (κ2) is 4.65. The van der Waals surface area contributed by atoms with E-state index >= 15 is 0 Å². The van der Waals surface area contributed by atoms with Gasteiger partial charge in [0.05, 0.1) is 6.54 Å². The minimum Gasteiger partial charge on any atom is -0.476 e. The number of imidazole rings is 1. The van der Waals surface area contributed by atoms with Gasteiger partial charge in [-0.2, -0.15) is 5.10 Å². The fraction of sp³-hybridized carbons (Fsp3) is 0.167. The smallest absolute Gasteiger partial charge is 0.356 e. The summed E-state index contributed by atoms with van der Waals surface area (Å²) >= 11 is 0. The molecule has 0 saturated carbocycles. The van der Waals surface area contributed by atoms with Gasteiger partial charge in [-0.1, -0.05) is 6.07 Å². The molecule has 0 amide bonds. The molecule has 8 nitrogen and oxygen atoms in total. The summed E-state index contributed by atoms with van der Waals surface area (Å²) in [6, 6.07) is 5.31. The van der Waals surface area contributed by atoms with E-state index in [1.165, 1.54) is 4.40 Å². The number of nitrogens with zero attached hydrogens (tertiary/aromatic N) is 5. The number of hydrogen-bond acceptors (Lipinski definition) is 5. The first-order chi connectivity index (χ1) is 9.65. The zero-order chi connectivity index (χ0) is 14.1. The third-order valence-electron chi connectivity index (χ3n) is 2.79. The number of fused-ring (bicyclic) bond motifs is 1. The molecule has 20 heavy (non-hydrogen) atoms. The lowest BCUT2D eigenvalue weighted by Gasteiger charge is -2.01. The van der Waals surface area contributed by atoms with Crippen molar-refractivity contribution >= 4 is 17.4 Å². The molecular formula is C12H12N6O2. The summed E-state index contributed by atoms with van der Waals surface area (Å²) in [5.41, 5.74) is 0.665. The zero-order valence-corrected chi connectivity index (χ0v) is 10.7. The maximum absolute atomic E-state index is 11.4. The van der Waals surface area contributed by atoms with Crippen LogP contribution in [0.4, 0.5) is 5.82 Å².